The normalized spacial score (nSPS) is 14.4. The molecule has 112 valence electrons. The van der Waals surface area contributed by atoms with Gasteiger partial charge in [0, 0.05) is 24.5 Å². The number of nitrogens with zero attached hydrogens (tertiary/aromatic N) is 3. The van der Waals surface area contributed by atoms with Gasteiger partial charge in [-0.1, -0.05) is 17.3 Å². The van der Waals surface area contributed by atoms with Gasteiger partial charge in [0.2, 0.25) is 0 Å². The fourth-order valence-electron chi connectivity index (χ4n) is 2.51. The maximum Gasteiger partial charge on any atom is 0.254 e. The van der Waals surface area contributed by atoms with Crippen LogP contribution in [0.25, 0.3) is 11.0 Å². The molecule has 1 aliphatic carbocycles. The molecular formula is C16H16N4O2. The number of hydrogen-bond acceptors (Lipinski definition) is 4. The van der Waals surface area contributed by atoms with Crippen LogP contribution >= 0.6 is 0 Å². The number of hydrogen-bond donors (Lipinski definition) is 1. The molecule has 22 heavy (non-hydrogen) atoms. The summed E-state index contributed by atoms with van der Waals surface area (Å²) < 4.78 is 7.13. The predicted octanol–water partition coefficient (Wildman–Crippen LogP) is 2.33. The van der Waals surface area contributed by atoms with Gasteiger partial charge in [-0.15, -0.1) is 0 Å². The lowest BCUT2D eigenvalue weighted by molar-refractivity contribution is 0.0954. The van der Waals surface area contributed by atoms with Gasteiger partial charge in [0.25, 0.3) is 5.91 Å². The molecule has 0 atom stereocenters. The van der Waals surface area contributed by atoms with Gasteiger partial charge in [-0.2, -0.15) is 5.10 Å². The second kappa shape index (κ2) is 5.29. The summed E-state index contributed by atoms with van der Waals surface area (Å²) >= 11 is 0. The molecule has 1 saturated carbocycles. The molecule has 0 unspecified atom stereocenters. The van der Waals surface area contributed by atoms with Crippen molar-refractivity contribution in [2.24, 2.45) is 0 Å². The molecule has 1 aromatic carbocycles. The van der Waals surface area contributed by atoms with Crippen molar-refractivity contribution in [2.75, 3.05) is 6.54 Å². The molecule has 0 radical (unpaired) electrons. The SMILES string of the molecule is O=C(NCCc1noc2ccccc12)c1cnn(C2CC2)c1. The Kier molecular flexibility index (Phi) is 3.14. The lowest BCUT2D eigenvalue weighted by Gasteiger charge is -2.01. The fourth-order valence-corrected chi connectivity index (χ4v) is 2.51. The predicted molar refractivity (Wildman–Crippen MR) is 80.5 cm³/mol. The summed E-state index contributed by atoms with van der Waals surface area (Å²) in [6, 6.07) is 8.21. The highest BCUT2D eigenvalue weighted by Gasteiger charge is 2.24. The van der Waals surface area contributed by atoms with Gasteiger partial charge in [0.05, 0.1) is 23.5 Å². The highest BCUT2D eigenvalue weighted by molar-refractivity contribution is 5.93. The first kappa shape index (κ1) is 13.1. The van der Waals surface area contributed by atoms with Crippen molar-refractivity contribution in [3.8, 4) is 0 Å². The molecule has 1 N–H and O–H groups in total. The number of amides is 1. The third-order valence-electron chi connectivity index (χ3n) is 3.88. The number of benzene rings is 1. The molecule has 2 aromatic heterocycles. The summed E-state index contributed by atoms with van der Waals surface area (Å²) in [6.07, 6.45) is 6.39. The molecule has 3 aromatic rings. The van der Waals surface area contributed by atoms with Crippen LogP contribution in [0.1, 0.15) is 34.9 Å². The number of para-hydroxylation sites is 1. The van der Waals surface area contributed by atoms with Crippen molar-refractivity contribution in [3.05, 3.63) is 47.9 Å². The fraction of sp³-hybridized carbons (Fsp3) is 0.312. The van der Waals surface area contributed by atoms with Gasteiger partial charge < -0.3 is 9.84 Å². The van der Waals surface area contributed by atoms with Crippen LogP contribution in [0, 0.1) is 0 Å². The second-order valence-electron chi connectivity index (χ2n) is 5.57. The van der Waals surface area contributed by atoms with E-state index in [4.69, 9.17) is 4.52 Å². The summed E-state index contributed by atoms with van der Waals surface area (Å²) in [7, 11) is 0. The number of aromatic nitrogens is 3. The Bertz CT molecular complexity index is 816. The van der Waals surface area contributed by atoms with Crippen LogP contribution in [0.2, 0.25) is 0 Å². The first-order chi connectivity index (χ1) is 10.8. The second-order valence-corrected chi connectivity index (χ2v) is 5.57. The summed E-state index contributed by atoms with van der Waals surface area (Å²) in [4.78, 5) is 12.1. The first-order valence-corrected chi connectivity index (χ1v) is 7.47. The summed E-state index contributed by atoms with van der Waals surface area (Å²) in [5, 5.41) is 12.2. The van der Waals surface area contributed by atoms with Crippen LogP contribution in [0.15, 0.2) is 41.2 Å². The monoisotopic (exact) mass is 296 g/mol. The highest BCUT2D eigenvalue weighted by Crippen LogP contribution is 2.33. The lowest BCUT2D eigenvalue weighted by atomic mass is 10.2. The molecule has 6 heteroatoms. The van der Waals surface area contributed by atoms with Crippen molar-refractivity contribution >= 4 is 16.9 Å². The Morgan fingerprint density at radius 1 is 1.36 bits per heavy atom. The van der Waals surface area contributed by atoms with E-state index < -0.39 is 0 Å². The third kappa shape index (κ3) is 2.47. The van der Waals surface area contributed by atoms with E-state index in [1.165, 1.54) is 0 Å². The highest BCUT2D eigenvalue weighted by atomic mass is 16.5. The summed E-state index contributed by atoms with van der Waals surface area (Å²) in [5.41, 5.74) is 2.25. The van der Waals surface area contributed by atoms with Crippen molar-refractivity contribution in [1.29, 1.82) is 0 Å². The number of carbonyl (C=O) groups excluding carboxylic acids is 1. The minimum atomic E-state index is -0.0975. The van der Waals surface area contributed by atoms with E-state index in [1.807, 2.05) is 35.1 Å². The molecule has 0 saturated heterocycles. The van der Waals surface area contributed by atoms with Crippen molar-refractivity contribution < 1.29 is 9.32 Å². The van der Waals surface area contributed by atoms with Crippen LogP contribution in [0.3, 0.4) is 0 Å². The third-order valence-corrected chi connectivity index (χ3v) is 3.88. The van der Waals surface area contributed by atoms with E-state index >= 15 is 0 Å². The van der Waals surface area contributed by atoms with Crippen molar-refractivity contribution in [3.63, 3.8) is 0 Å². The Labute approximate surface area is 127 Å². The minimum Gasteiger partial charge on any atom is -0.356 e. The zero-order valence-corrected chi connectivity index (χ0v) is 12.0. The van der Waals surface area contributed by atoms with Crippen LogP contribution in [-0.4, -0.2) is 27.4 Å². The number of carbonyl (C=O) groups is 1. The molecule has 1 amide bonds. The van der Waals surface area contributed by atoms with Crippen molar-refractivity contribution in [2.45, 2.75) is 25.3 Å². The van der Waals surface area contributed by atoms with Crippen LogP contribution in [0.4, 0.5) is 0 Å². The Morgan fingerprint density at radius 2 is 2.23 bits per heavy atom. The van der Waals surface area contributed by atoms with Crippen LogP contribution in [0.5, 0.6) is 0 Å². The van der Waals surface area contributed by atoms with E-state index in [1.54, 1.807) is 6.20 Å². The average molecular weight is 296 g/mol. The number of rotatable bonds is 5. The largest absolute Gasteiger partial charge is 0.356 e. The number of fused-ring (bicyclic) bond motifs is 1. The van der Waals surface area contributed by atoms with Crippen LogP contribution in [-0.2, 0) is 6.42 Å². The Morgan fingerprint density at radius 3 is 3.09 bits per heavy atom. The smallest absolute Gasteiger partial charge is 0.254 e. The summed E-state index contributed by atoms with van der Waals surface area (Å²) in [6.45, 7) is 0.518. The average Bonchev–Trinajstić information content (AvgIpc) is 3.13. The maximum atomic E-state index is 12.1. The molecule has 1 aliphatic rings. The van der Waals surface area contributed by atoms with E-state index in [-0.39, 0.29) is 5.91 Å². The molecule has 0 aliphatic heterocycles. The van der Waals surface area contributed by atoms with Gasteiger partial charge in [0.15, 0.2) is 5.58 Å². The Balaban J connectivity index is 1.36. The van der Waals surface area contributed by atoms with E-state index in [0.29, 0.717) is 24.6 Å². The topological polar surface area (TPSA) is 73.0 Å². The molecule has 6 nitrogen and oxygen atoms in total. The molecule has 0 bridgehead atoms. The van der Waals surface area contributed by atoms with Gasteiger partial charge >= 0.3 is 0 Å². The molecule has 1 fully saturated rings. The molecule has 2 heterocycles. The van der Waals surface area contributed by atoms with Gasteiger partial charge in [-0.05, 0) is 25.0 Å². The van der Waals surface area contributed by atoms with Crippen molar-refractivity contribution in [1.82, 2.24) is 20.3 Å². The minimum absolute atomic E-state index is 0.0975. The molecular weight excluding hydrogens is 280 g/mol. The van der Waals surface area contributed by atoms with E-state index in [0.717, 1.165) is 29.5 Å². The van der Waals surface area contributed by atoms with Gasteiger partial charge in [-0.25, -0.2) is 0 Å². The lowest BCUT2D eigenvalue weighted by Crippen LogP contribution is -2.25. The van der Waals surface area contributed by atoms with Gasteiger partial charge in [-0.3, -0.25) is 9.48 Å². The standard InChI is InChI=1S/C16H16N4O2/c21-16(11-9-18-20(10-11)12-5-6-12)17-8-7-14-13-3-1-2-4-15(13)22-19-14/h1-4,9-10,12H,5-8H2,(H,17,21). The summed E-state index contributed by atoms with van der Waals surface area (Å²) in [5.74, 6) is -0.0975. The number of nitrogens with one attached hydrogen (secondary N) is 1. The first-order valence-electron chi connectivity index (χ1n) is 7.47. The van der Waals surface area contributed by atoms with Crippen LogP contribution < -0.4 is 5.32 Å². The zero-order valence-electron chi connectivity index (χ0n) is 12.0. The Hall–Kier alpha value is -2.63. The quantitative estimate of drug-likeness (QED) is 0.784. The molecule has 0 spiro atoms. The zero-order chi connectivity index (χ0) is 14.9. The van der Waals surface area contributed by atoms with E-state index in [2.05, 4.69) is 15.6 Å². The van der Waals surface area contributed by atoms with E-state index in [9.17, 15) is 4.79 Å². The molecule has 4 rings (SSSR count). The maximum absolute atomic E-state index is 12.1. The van der Waals surface area contributed by atoms with Gasteiger partial charge in [0.1, 0.15) is 0 Å².